The molecule has 0 bridgehead atoms. The molecule has 3 aliphatic rings. The van der Waals surface area contributed by atoms with Gasteiger partial charge in [-0.2, -0.15) is 0 Å². The van der Waals surface area contributed by atoms with Crippen LogP contribution in [0.1, 0.15) is 23.1 Å². The summed E-state index contributed by atoms with van der Waals surface area (Å²) in [5.41, 5.74) is 3.13. The van der Waals surface area contributed by atoms with E-state index >= 15 is 0 Å². The Kier molecular flexibility index (Phi) is 4.54. The number of benzene rings is 2. The minimum atomic E-state index is -0.837. The van der Waals surface area contributed by atoms with Crippen LogP contribution in [0.3, 0.4) is 0 Å². The summed E-state index contributed by atoms with van der Waals surface area (Å²) < 4.78 is 10.6. The van der Waals surface area contributed by atoms with Gasteiger partial charge in [0, 0.05) is 13.1 Å². The minimum absolute atomic E-state index is 0.0373. The fourth-order valence-electron chi connectivity index (χ4n) is 4.10. The van der Waals surface area contributed by atoms with E-state index in [1.165, 1.54) is 5.56 Å². The van der Waals surface area contributed by atoms with Crippen molar-refractivity contribution in [1.82, 2.24) is 15.1 Å². The number of rotatable bonds is 4. The van der Waals surface area contributed by atoms with Crippen molar-refractivity contribution < 1.29 is 23.9 Å². The molecule has 1 fully saturated rings. The predicted molar refractivity (Wildman–Crippen MR) is 106 cm³/mol. The highest BCUT2D eigenvalue weighted by molar-refractivity contribution is 6.05. The maximum Gasteiger partial charge on any atom is 0.325 e. The Hall–Kier alpha value is -3.55. The lowest BCUT2D eigenvalue weighted by atomic mass is 9.99. The highest BCUT2D eigenvalue weighted by atomic mass is 16.7. The second kappa shape index (κ2) is 7.37. The van der Waals surface area contributed by atoms with E-state index in [0.29, 0.717) is 24.6 Å². The van der Waals surface area contributed by atoms with Crippen molar-refractivity contribution in [2.75, 3.05) is 13.3 Å². The molecular weight excluding hydrogens is 386 g/mol. The van der Waals surface area contributed by atoms with Crippen LogP contribution >= 0.6 is 0 Å². The van der Waals surface area contributed by atoms with E-state index in [1.807, 2.05) is 18.2 Å². The first-order valence-corrected chi connectivity index (χ1v) is 9.93. The molecule has 5 rings (SSSR count). The van der Waals surface area contributed by atoms with Crippen molar-refractivity contribution in [2.24, 2.45) is 0 Å². The molecule has 2 aromatic carbocycles. The molecule has 0 radical (unpaired) electrons. The molecule has 0 spiro atoms. The fraction of sp³-hybridized carbons (Fsp3) is 0.318. The van der Waals surface area contributed by atoms with Crippen molar-refractivity contribution in [3.05, 3.63) is 59.2 Å². The quantitative estimate of drug-likeness (QED) is 0.781. The van der Waals surface area contributed by atoms with Gasteiger partial charge in [-0.25, -0.2) is 4.79 Å². The minimum Gasteiger partial charge on any atom is -0.454 e. The second-order valence-electron chi connectivity index (χ2n) is 7.65. The monoisotopic (exact) mass is 407 g/mol. The average molecular weight is 407 g/mol. The van der Waals surface area contributed by atoms with E-state index in [0.717, 1.165) is 22.4 Å². The van der Waals surface area contributed by atoms with Crippen LogP contribution in [0.2, 0.25) is 0 Å². The number of carbonyl (C=O) groups is 3. The van der Waals surface area contributed by atoms with Gasteiger partial charge in [0.2, 0.25) is 12.7 Å². The Morgan fingerprint density at radius 1 is 1.07 bits per heavy atom. The highest BCUT2D eigenvalue weighted by Gasteiger charge is 2.40. The number of amides is 4. The largest absolute Gasteiger partial charge is 0.454 e. The van der Waals surface area contributed by atoms with E-state index in [-0.39, 0.29) is 31.6 Å². The molecule has 8 heteroatoms. The van der Waals surface area contributed by atoms with Crippen molar-refractivity contribution >= 4 is 17.8 Å². The number of imide groups is 1. The van der Waals surface area contributed by atoms with Gasteiger partial charge in [0.15, 0.2) is 11.5 Å². The van der Waals surface area contributed by atoms with Gasteiger partial charge in [-0.15, -0.1) is 0 Å². The number of fused-ring (bicyclic) bond motifs is 2. The molecule has 4 amide bonds. The number of hydrogen-bond donors (Lipinski definition) is 1. The van der Waals surface area contributed by atoms with Crippen LogP contribution in [0.25, 0.3) is 0 Å². The van der Waals surface area contributed by atoms with Crippen LogP contribution < -0.4 is 14.8 Å². The molecule has 154 valence electrons. The number of hydrogen-bond acceptors (Lipinski definition) is 5. The van der Waals surface area contributed by atoms with E-state index in [1.54, 1.807) is 23.1 Å². The molecule has 3 heterocycles. The molecule has 1 N–H and O–H groups in total. The zero-order valence-electron chi connectivity index (χ0n) is 16.3. The van der Waals surface area contributed by atoms with Gasteiger partial charge in [-0.1, -0.05) is 30.3 Å². The van der Waals surface area contributed by atoms with E-state index in [9.17, 15) is 14.4 Å². The fourth-order valence-corrected chi connectivity index (χ4v) is 4.10. The van der Waals surface area contributed by atoms with Crippen LogP contribution in [0.5, 0.6) is 11.5 Å². The second-order valence-corrected chi connectivity index (χ2v) is 7.65. The number of urea groups is 1. The van der Waals surface area contributed by atoms with Crippen molar-refractivity contribution in [2.45, 2.75) is 32.0 Å². The van der Waals surface area contributed by atoms with Gasteiger partial charge in [0.25, 0.3) is 5.91 Å². The van der Waals surface area contributed by atoms with Gasteiger partial charge in [0.05, 0.1) is 13.0 Å². The first-order chi connectivity index (χ1) is 14.6. The van der Waals surface area contributed by atoms with Crippen LogP contribution in [0, 0.1) is 0 Å². The van der Waals surface area contributed by atoms with Crippen molar-refractivity contribution in [1.29, 1.82) is 0 Å². The molecule has 0 saturated carbocycles. The third kappa shape index (κ3) is 3.34. The number of ether oxygens (including phenoxy) is 2. The molecule has 1 saturated heterocycles. The first-order valence-electron chi connectivity index (χ1n) is 9.93. The Morgan fingerprint density at radius 2 is 1.87 bits per heavy atom. The molecular formula is C22H21N3O5. The third-order valence-corrected chi connectivity index (χ3v) is 5.75. The van der Waals surface area contributed by atoms with Crippen molar-refractivity contribution in [3.63, 3.8) is 0 Å². The summed E-state index contributed by atoms with van der Waals surface area (Å²) in [6.07, 6.45) is 0.757. The lowest BCUT2D eigenvalue weighted by Gasteiger charge is -2.29. The van der Waals surface area contributed by atoms with Crippen LogP contribution in [-0.2, 0) is 29.1 Å². The lowest BCUT2D eigenvalue weighted by Crippen LogP contribution is -2.41. The summed E-state index contributed by atoms with van der Waals surface area (Å²) in [4.78, 5) is 40.8. The van der Waals surface area contributed by atoms with Gasteiger partial charge in [-0.05, 0) is 35.2 Å². The molecule has 8 nitrogen and oxygen atoms in total. The molecule has 1 unspecified atom stereocenters. The molecule has 2 aromatic rings. The Morgan fingerprint density at radius 3 is 2.73 bits per heavy atom. The van der Waals surface area contributed by atoms with Gasteiger partial charge in [-0.3, -0.25) is 14.5 Å². The molecule has 0 aromatic heterocycles. The summed E-state index contributed by atoms with van der Waals surface area (Å²) in [5.74, 6) is 0.718. The SMILES string of the molecule is O=C(CC1NC(=O)N(Cc2ccc3c(c2)OCO3)C1=O)N1CCc2ccccc2C1. The first kappa shape index (κ1) is 18.5. The normalized spacial score (nSPS) is 19.7. The number of nitrogens with one attached hydrogen (secondary N) is 1. The van der Waals surface area contributed by atoms with Crippen LogP contribution in [0.15, 0.2) is 42.5 Å². The summed E-state index contributed by atoms with van der Waals surface area (Å²) in [5, 5.41) is 2.65. The molecule has 30 heavy (non-hydrogen) atoms. The smallest absolute Gasteiger partial charge is 0.325 e. The maximum atomic E-state index is 12.8. The van der Waals surface area contributed by atoms with E-state index in [4.69, 9.17) is 9.47 Å². The topological polar surface area (TPSA) is 88.2 Å². The number of carbonyl (C=O) groups excluding carboxylic acids is 3. The average Bonchev–Trinajstić information content (AvgIpc) is 3.33. The van der Waals surface area contributed by atoms with Crippen molar-refractivity contribution in [3.8, 4) is 11.5 Å². The molecule has 1 atom stereocenters. The zero-order chi connectivity index (χ0) is 20.7. The Bertz CT molecular complexity index is 1040. The molecule has 3 aliphatic heterocycles. The Balaban J connectivity index is 1.23. The van der Waals surface area contributed by atoms with E-state index in [2.05, 4.69) is 11.4 Å². The van der Waals surface area contributed by atoms with E-state index < -0.39 is 12.1 Å². The maximum absolute atomic E-state index is 12.8. The predicted octanol–water partition coefficient (Wildman–Crippen LogP) is 1.81. The molecule has 0 aliphatic carbocycles. The standard InChI is InChI=1S/C22H21N3O5/c26-20(24-8-7-15-3-1-2-4-16(15)12-24)10-17-21(27)25(22(28)23-17)11-14-5-6-18-19(9-14)30-13-29-18/h1-6,9,17H,7-8,10-13H2,(H,23,28). The summed E-state index contributed by atoms with van der Waals surface area (Å²) in [6.45, 7) is 1.42. The highest BCUT2D eigenvalue weighted by Crippen LogP contribution is 2.33. The zero-order valence-corrected chi connectivity index (χ0v) is 16.3. The Labute approximate surface area is 173 Å². The number of nitrogens with zero attached hydrogens (tertiary/aromatic N) is 2. The summed E-state index contributed by atoms with van der Waals surface area (Å²) in [7, 11) is 0. The van der Waals surface area contributed by atoms with Crippen LogP contribution in [-0.4, -0.2) is 47.0 Å². The lowest BCUT2D eigenvalue weighted by molar-refractivity contribution is -0.136. The van der Waals surface area contributed by atoms with Gasteiger partial charge in [0.1, 0.15) is 6.04 Å². The van der Waals surface area contributed by atoms with Gasteiger partial charge < -0.3 is 19.7 Å². The summed E-state index contributed by atoms with van der Waals surface area (Å²) >= 11 is 0. The van der Waals surface area contributed by atoms with Gasteiger partial charge >= 0.3 is 6.03 Å². The van der Waals surface area contributed by atoms with Crippen LogP contribution in [0.4, 0.5) is 4.79 Å². The summed E-state index contributed by atoms with van der Waals surface area (Å²) in [6, 6.07) is 12.0. The third-order valence-electron chi connectivity index (χ3n) is 5.75.